The van der Waals surface area contributed by atoms with Gasteiger partial charge in [0.2, 0.25) is 17.6 Å². The van der Waals surface area contributed by atoms with E-state index < -0.39 is 5.91 Å². The van der Waals surface area contributed by atoms with Gasteiger partial charge in [0.25, 0.3) is 5.91 Å². The standard InChI is InChI=1S/C14H12N6O2/c15-14-19-11(10-2-1-7-22-10)18-12(20-14)13(21)17-8-9-3-5-16-6-4-9/h1-7H,8H2,(H,17,21)(H2,15,18,19,20). The van der Waals surface area contributed by atoms with Crippen LogP contribution in [0.4, 0.5) is 5.95 Å². The normalized spacial score (nSPS) is 10.4. The molecule has 0 aromatic carbocycles. The average Bonchev–Trinajstić information content (AvgIpc) is 3.07. The summed E-state index contributed by atoms with van der Waals surface area (Å²) in [6.45, 7) is 0.336. The predicted octanol–water partition coefficient (Wildman–Crippen LogP) is 1.04. The van der Waals surface area contributed by atoms with Gasteiger partial charge >= 0.3 is 0 Å². The molecular weight excluding hydrogens is 284 g/mol. The fraction of sp³-hybridized carbons (Fsp3) is 0.0714. The third-order valence-electron chi connectivity index (χ3n) is 2.80. The molecule has 3 N–H and O–H groups in total. The maximum Gasteiger partial charge on any atom is 0.289 e. The van der Waals surface area contributed by atoms with Crippen molar-refractivity contribution in [3.63, 3.8) is 0 Å². The summed E-state index contributed by atoms with van der Waals surface area (Å²) in [5, 5.41) is 2.71. The van der Waals surface area contributed by atoms with Crippen LogP contribution in [0, 0.1) is 0 Å². The molecule has 110 valence electrons. The van der Waals surface area contributed by atoms with Gasteiger partial charge in [0.05, 0.1) is 6.26 Å². The van der Waals surface area contributed by atoms with E-state index in [2.05, 4.69) is 25.3 Å². The summed E-state index contributed by atoms with van der Waals surface area (Å²) in [6.07, 6.45) is 4.79. The van der Waals surface area contributed by atoms with Crippen molar-refractivity contribution >= 4 is 11.9 Å². The largest absolute Gasteiger partial charge is 0.461 e. The average molecular weight is 296 g/mol. The smallest absolute Gasteiger partial charge is 0.289 e. The highest BCUT2D eigenvalue weighted by atomic mass is 16.3. The first-order chi connectivity index (χ1) is 10.7. The maximum absolute atomic E-state index is 12.1. The van der Waals surface area contributed by atoms with Gasteiger partial charge < -0.3 is 15.5 Å². The van der Waals surface area contributed by atoms with Gasteiger partial charge in [0.1, 0.15) is 0 Å². The number of aromatic nitrogens is 4. The highest BCUT2D eigenvalue weighted by Gasteiger charge is 2.14. The monoisotopic (exact) mass is 296 g/mol. The van der Waals surface area contributed by atoms with E-state index in [0.29, 0.717) is 12.3 Å². The van der Waals surface area contributed by atoms with E-state index in [9.17, 15) is 4.79 Å². The lowest BCUT2D eigenvalue weighted by Crippen LogP contribution is -2.25. The van der Waals surface area contributed by atoms with Crippen LogP contribution < -0.4 is 11.1 Å². The van der Waals surface area contributed by atoms with Crippen molar-refractivity contribution in [1.29, 1.82) is 0 Å². The van der Waals surface area contributed by atoms with Crippen LogP contribution in [0.25, 0.3) is 11.6 Å². The highest BCUT2D eigenvalue weighted by molar-refractivity contribution is 5.90. The summed E-state index contributed by atoms with van der Waals surface area (Å²) >= 11 is 0. The van der Waals surface area contributed by atoms with Crippen molar-refractivity contribution in [2.75, 3.05) is 5.73 Å². The molecule has 3 rings (SSSR count). The summed E-state index contributed by atoms with van der Waals surface area (Å²) < 4.78 is 5.19. The van der Waals surface area contributed by atoms with E-state index in [1.807, 2.05) is 0 Å². The number of nitrogen functional groups attached to an aromatic ring is 1. The number of nitrogens with zero attached hydrogens (tertiary/aromatic N) is 4. The second-order valence-corrected chi connectivity index (χ2v) is 4.36. The second-order valence-electron chi connectivity index (χ2n) is 4.36. The van der Waals surface area contributed by atoms with Gasteiger partial charge in [-0.15, -0.1) is 0 Å². The minimum atomic E-state index is -0.446. The quantitative estimate of drug-likeness (QED) is 0.738. The molecule has 0 aliphatic heterocycles. The van der Waals surface area contributed by atoms with Crippen LogP contribution in [-0.4, -0.2) is 25.8 Å². The number of carbonyl (C=O) groups excluding carboxylic acids is 1. The molecule has 0 saturated carbocycles. The Morgan fingerprint density at radius 2 is 2.00 bits per heavy atom. The number of rotatable bonds is 4. The number of furan rings is 1. The first-order valence-corrected chi connectivity index (χ1v) is 6.45. The van der Waals surface area contributed by atoms with Gasteiger partial charge in [-0.3, -0.25) is 9.78 Å². The predicted molar refractivity (Wildman–Crippen MR) is 77.3 cm³/mol. The SMILES string of the molecule is Nc1nc(C(=O)NCc2ccncc2)nc(-c2ccco2)n1. The van der Waals surface area contributed by atoms with Crippen LogP contribution in [0.1, 0.15) is 16.2 Å². The fourth-order valence-corrected chi connectivity index (χ4v) is 1.77. The molecule has 0 aliphatic rings. The zero-order valence-corrected chi connectivity index (χ0v) is 11.4. The Morgan fingerprint density at radius 1 is 1.18 bits per heavy atom. The molecule has 8 heteroatoms. The van der Waals surface area contributed by atoms with Crippen molar-refractivity contribution in [2.45, 2.75) is 6.54 Å². The number of pyridine rings is 1. The molecule has 3 aromatic rings. The van der Waals surface area contributed by atoms with Crippen molar-refractivity contribution in [3.8, 4) is 11.6 Å². The third-order valence-corrected chi connectivity index (χ3v) is 2.80. The molecule has 0 aliphatic carbocycles. The second kappa shape index (κ2) is 6.00. The maximum atomic E-state index is 12.1. The molecule has 0 radical (unpaired) electrons. The summed E-state index contributed by atoms with van der Waals surface area (Å²) in [6, 6.07) is 6.97. The summed E-state index contributed by atoms with van der Waals surface area (Å²) in [7, 11) is 0. The molecule has 0 bridgehead atoms. The van der Waals surface area contributed by atoms with Crippen molar-refractivity contribution in [2.24, 2.45) is 0 Å². The van der Waals surface area contributed by atoms with Crippen LogP contribution in [0.2, 0.25) is 0 Å². The van der Waals surface area contributed by atoms with E-state index in [4.69, 9.17) is 10.2 Å². The minimum absolute atomic E-state index is 0.0459. The summed E-state index contributed by atoms with van der Waals surface area (Å²) in [4.78, 5) is 27.9. The molecule has 1 amide bonds. The lowest BCUT2D eigenvalue weighted by Gasteiger charge is -2.05. The third kappa shape index (κ3) is 3.06. The topological polar surface area (TPSA) is 120 Å². The Kier molecular flexibility index (Phi) is 3.73. The number of anilines is 1. The van der Waals surface area contributed by atoms with Crippen molar-refractivity contribution in [3.05, 3.63) is 54.3 Å². The minimum Gasteiger partial charge on any atom is -0.461 e. The lowest BCUT2D eigenvalue weighted by molar-refractivity contribution is 0.0940. The molecule has 0 unspecified atom stereocenters. The van der Waals surface area contributed by atoms with Crippen molar-refractivity contribution < 1.29 is 9.21 Å². The summed E-state index contributed by atoms with van der Waals surface area (Å²) in [5.41, 5.74) is 6.53. The summed E-state index contributed by atoms with van der Waals surface area (Å²) in [5.74, 6) is 0.0750. The number of nitrogens with two attached hydrogens (primary N) is 1. The number of hydrogen-bond acceptors (Lipinski definition) is 7. The van der Waals surface area contributed by atoms with E-state index in [0.717, 1.165) is 5.56 Å². The van der Waals surface area contributed by atoms with Crippen LogP contribution >= 0.6 is 0 Å². The Bertz CT molecular complexity index is 773. The van der Waals surface area contributed by atoms with Crippen LogP contribution in [-0.2, 0) is 6.54 Å². The van der Waals surface area contributed by atoms with Crippen LogP contribution in [0.3, 0.4) is 0 Å². The number of hydrogen-bond donors (Lipinski definition) is 2. The van der Waals surface area contributed by atoms with Gasteiger partial charge in [-0.2, -0.15) is 9.97 Å². The van der Waals surface area contributed by atoms with E-state index in [1.54, 1.807) is 36.7 Å². The van der Waals surface area contributed by atoms with Crippen LogP contribution in [0.5, 0.6) is 0 Å². The van der Waals surface area contributed by atoms with E-state index in [1.165, 1.54) is 6.26 Å². The molecule has 8 nitrogen and oxygen atoms in total. The fourth-order valence-electron chi connectivity index (χ4n) is 1.77. The molecule has 0 saturated heterocycles. The van der Waals surface area contributed by atoms with Gasteiger partial charge in [-0.05, 0) is 29.8 Å². The number of amides is 1. The van der Waals surface area contributed by atoms with Gasteiger partial charge in [0, 0.05) is 18.9 Å². The van der Waals surface area contributed by atoms with E-state index >= 15 is 0 Å². The first kappa shape index (κ1) is 13.7. The van der Waals surface area contributed by atoms with Crippen molar-refractivity contribution in [1.82, 2.24) is 25.3 Å². The lowest BCUT2D eigenvalue weighted by atomic mass is 10.3. The molecule has 0 spiro atoms. The Labute approximate surface area is 125 Å². The molecule has 0 fully saturated rings. The van der Waals surface area contributed by atoms with E-state index in [-0.39, 0.29) is 17.6 Å². The zero-order valence-electron chi connectivity index (χ0n) is 11.4. The van der Waals surface area contributed by atoms with Gasteiger partial charge in [-0.1, -0.05) is 0 Å². The Hall–Kier alpha value is -3.29. The number of nitrogens with one attached hydrogen (secondary N) is 1. The Balaban J connectivity index is 1.78. The number of carbonyl (C=O) groups is 1. The van der Waals surface area contributed by atoms with Gasteiger partial charge in [0.15, 0.2) is 5.76 Å². The highest BCUT2D eigenvalue weighted by Crippen LogP contribution is 2.15. The zero-order chi connectivity index (χ0) is 15.4. The Morgan fingerprint density at radius 3 is 2.73 bits per heavy atom. The molecule has 3 aromatic heterocycles. The molecular formula is C14H12N6O2. The molecule has 22 heavy (non-hydrogen) atoms. The van der Waals surface area contributed by atoms with Crippen LogP contribution in [0.15, 0.2) is 47.3 Å². The molecule has 3 heterocycles. The molecule has 0 atom stereocenters. The van der Waals surface area contributed by atoms with Gasteiger partial charge in [-0.25, -0.2) is 4.98 Å². The first-order valence-electron chi connectivity index (χ1n) is 6.45.